The van der Waals surface area contributed by atoms with Crippen LogP contribution in [0.15, 0.2) is 30.5 Å². The molecule has 2 nitrogen and oxygen atoms in total. The van der Waals surface area contributed by atoms with Crippen LogP contribution in [-0.2, 0) is 6.42 Å². The molecule has 0 aromatic carbocycles. The average Bonchev–Trinajstić information content (AvgIpc) is 2.89. The SMILES string of the molecule is Cc1cc2ccccn2c1CC1CCCN1. The standard InChI is InChI=1S/C14H18N2/c1-11-9-13-6-2-3-8-16(13)14(11)10-12-5-4-7-15-12/h2-3,6,8-9,12,15H,4-5,7,10H2,1H3. The van der Waals surface area contributed by atoms with Crippen molar-refractivity contribution in [2.24, 2.45) is 0 Å². The Morgan fingerprint density at radius 3 is 3.19 bits per heavy atom. The largest absolute Gasteiger partial charge is 0.321 e. The van der Waals surface area contributed by atoms with Gasteiger partial charge in [-0.25, -0.2) is 0 Å². The van der Waals surface area contributed by atoms with Gasteiger partial charge in [-0.3, -0.25) is 0 Å². The van der Waals surface area contributed by atoms with E-state index in [-0.39, 0.29) is 0 Å². The molecule has 84 valence electrons. The van der Waals surface area contributed by atoms with Crippen molar-refractivity contribution in [3.63, 3.8) is 0 Å². The fourth-order valence-corrected chi connectivity index (χ4v) is 2.74. The summed E-state index contributed by atoms with van der Waals surface area (Å²) in [7, 11) is 0. The van der Waals surface area contributed by atoms with Crippen molar-refractivity contribution in [2.75, 3.05) is 6.54 Å². The summed E-state index contributed by atoms with van der Waals surface area (Å²) >= 11 is 0. The molecule has 1 unspecified atom stereocenters. The number of rotatable bonds is 2. The van der Waals surface area contributed by atoms with Crippen LogP contribution in [0.4, 0.5) is 0 Å². The van der Waals surface area contributed by atoms with E-state index in [1.807, 2.05) is 0 Å². The van der Waals surface area contributed by atoms with E-state index in [4.69, 9.17) is 0 Å². The first kappa shape index (κ1) is 9.91. The molecule has 3 heterocycles. The molecule has 0 saturated carbocycles. The molecule has 2 aromatic rings. The first-order chi connectivity index (χ1) is 7.84. The van der Waals surface area contributed by atoms with Gasteiger partial charge in [0.15, 0.2) is 0 Å². The number of nitrogens with zero attached hydrogens (tertiary/aromatic N) is 1. The zero-order valence-electron chi connectivity index (χ0n) is 9.74. The van der Waals surface area contributed by atoms with Crippen LogP contribution in [0.3, 0.4) is 0 Å². The van der Waals surface area contributed by atoms with Crippen molar-refractivity contribution in [1.29, 1.82) is 0 Å². The molecule has 1 saturated heterocycles. The maximum Gasteiger partial charge on any atom is 0.0455 e. The minimum Gasteiger partial charge on any atom is -0.321 e. The van der Waals surface area contributed by atoms with Crippen molar-refractivity contribution in [1.82, 2.24) is 9.72 Å². The second-order valence-electron chi connectivity index (χ2n) is 4.77. The highest BCUT2D eigenvalue weighted by Crippen LogP contribution is 2.19. The van der Waals surface area contributed by atoms with Gasteiger partial charge < -0.3 is 9.72 Å². The minimum absolute atomic E-state index is 0.678. The molecule has 0 amide bonds. The highest BCUT2D eigenvalue weighted by molar-refractivity contribution is 5.53. The highest BCUT2D eigenvalue weighted by atomic mass is 15.0. The Morgan fingerprint density at radius 1 is 1.44 bits per heavy atom. The number of aromatic nitrogens is 1. The van der Waals surface area contributed by atoms with Crippen LogP contribution < -0.4 is 5.32 Å². The van der Waals surface area contributed by atoms with Gasteiger partial charge in [-0.1, -0.05) is 6.07 Å². The molecule has 1 atom stereocenters. The van der Waals surface area contributed by atoms with Crippen LogP contribution >= 0.6 is 0 Å². The Labute approximate surface area is 96.3 Å². The lowest BCUT2D eigenvalue weighted by molar-refractivity contribution is 0.591. The van der Waals surface area contributed by atoms with E-state index in [1.165, 1.54) is 36.2 Å². The Morgan fingerprint density at radius 2 is 2.38 bits per heavy atom. The lowest BCUT2D eigenvalue weighted by Gasteiger charge is -2.11. The van der Waals surface area contributed by atoms with E-state index < -0.39 is 0 Å². The molecular formula is C14H18N2. The van der Waals surface area contributed by atoms with Gasteiger partial charge >= 0.3 is 0 Å². The monoisotopic (exact) mass is 214 g/mol. The van der Waals surface area contributed by atoms with Gasteiger partial charge in [-0.15, -0.1) is 0 Å². The third-order valence-corrected chi connectivity index (χ3v) is 3.60. The molecule has 16 heavy (non-hydrogen) atoms. The summed E-state index contributed by atoms with van der Waals surface area (Å²) in [6.45, 7) is 3.41. The van der Waals surface area contributed by atoms with Gasteiger partial charge in [0.25, 0.3) is 0 Å². The molecule has 1 N–H and O–H groups in total. The zero-order valence-corrected chi connectivity index (χ0v) is 9.74. The Kier molecular flexibility index (Phi) is 2.44. The molecule has 1 fully saturated rings. The van der Waals surface area contributed by atoms with Crippen molar-refractivity contribution in [3.05, 3.63) is 41.7 Å². The molecule has 0 aliphatic carbocycles. The molecule has 2 aromatic heterocycles. The molecule has 1 aliphatic heterocycles. The molecule has 1 aliphatic rings. The Bertz CT molecular complexity index is 492. The topological polar surface area (TPSA) is 16.4 Å². The van der Waals surface area contributed by atoms with E-state index in [2.05, 4.69) is 47.1 Å². The quantitative estimate of drug-likeness (QED) is 0.812. The second kappa shape index (κ2) is 3.95. The van der Waals surface area contributed by atoms with Crippen LogP contribution in [0.25, 0.3) is 5.52 Å². The van der Waals surface area contributed by atoms with Crippen LogP contribution in [0.2, 0.25) is 0 Å². The van der Waals surface area contributed by atoms with Crippen LogP contribution in [-0.4, -0.2) is 17.0 Å². The van der Waals surface area contributed by atoms with E-state index >= 15 is 0 Å². The lowest BCUT2D eigenvalue weighted by atomic mass is 10.1. The van der Waals surface area contributed by atoms with Crippen molar-refractivity contribution < 1.29 is 0 Å². The fraction of sp³-hybridized carbons (Fsp3) is 0.429. The number of pyridine rings is 1. The van der Waals surface area contributed by atoms with E-state index in [0.717, 1.165) is 6.42 Å². The Balaban J connectivity index is 1.98. The zero-order chi connectivity index (χ0) is 11.0. The van der Waals surface area contributed by atoms with Crippen LogP contribution in [0.1, 0.15) is 24.1 Å². The van der Waals surface area contributed by atoms with E-state index in [1.54, 1.807) is 0 Å². The second-order valence-corrected chi connectivity index (χ2v) is 4.77. The minimum atomic E-state index is 0.678. The summed E-state index contributed by atoms with van der Waals surface area (Å²) < 4.78 is 2.33. The third-order valence-electron chi connectivity index (χ3n) is 3.60. The average molecular weight is 214 g/mol. The highest BCUT2D eigenvalue weighted by Gasteiger charge is 2.17. The van der Waals surface area contributed by atoms with Crippen LogP contribution in [0.5, 0.6) is 0 Å². The van der Waals surface area contributed by atoms with Crippen LogP contribution in [0, 0.1) is 6.92 Å². The third kappa shape index (κ3) is 1.63. The molecule has 0 bridgehead atoms. The van der Waals surface area contributed by atoms with Gasteiger partial charge in [0.2, 0.25) is 0 Å². The summed E-state index contributed by atoms with van der Waals surface area (Å²) in [4.78, 5) is 0. The summed E-state index contributed by atoms with van der Waals surface area (Å²) in [5.41, 5.74) is 4.20. The molecule has 2 heteroatoms. The maximum atomic E-state index is 3.57. The molecule has 3 rings (SSSR count). The summed E-state index contributed by atoms with van der Waals surface area (Å²) in [5, 5.41) is 3.57. The maximum absolute atomic E-state index is 3.57. The van der Waals surface area contributed by atoms with Gasteiger partial charge in [0, 0.05) is 29.9 Å². The van der Waals surface area contributed by atoms with Gasteiger partial charge in [0.05, 0.1) is 0 Å². The number of nitrogens with one attached hydrogen (secondary N) is 1. The fourth-order valence-electron chi connectivity index (χ4n) is 2.74. The first-order valence-electron chi connectivity index (χ1n) is 6.13. The molecule has 0 spiro atoms. The normalized spacial score (nSPS) is 20.7. The summed E-state index contributed by atoms with van der Waals surface area (Å²) in [6.07, 6.45) is 5.98. The van der Waals surface area contributed by atoms with Crippen molar-refractivity contribution in [3.8, 4) is 0 Å². The predicted octanol–water partition coefficient (Wildman–Crippen LogP) is 2.54. The Hall–Kier alpha value is -1.28. The number of aryl methyl sites for hydroxylation is 1. The predicted molar refractivity (Wildman–Crippen MR) is 66.9 cm³/mol. The first-order valence-corrected chi connectivity index (χ1v) is 6.13. The lowest BCUT2D eigenvalue weighted by Crippen LogP contribution is -2.24. The smallest absolute Gasteiger partial charge is 0.0455 e. The van der Waals surface area contributed by atoms with Gasteiger partial charge in [0.1, 0.15) is 0 Å². The summed E-state index contributed by atoms with van der Waals surface area (Å²) in [6, 6.07) is 9.35. The van der Waals surface area contributed by atoms with E-state index in [0.29, 0.717) is 6.04 Å². The van der Waals surface area contributed by atoms with Crippen molar-refractivity contribution in [2.45, 2.75) is 32.2 Å². The van der Waals surface area contributed by atoms with Gasteiger partial charge in [-0.05, 0) is 50.1 Å². The van der Waals surface area contributed by atoms with Crippen molar-refractivity contribution >= 4 is 5.52 Å². The van der Waals surface area contributed by atoms with Gasteiger partial charge in [-0.2, -0.15) is 0 Å². The number of fused-ring (bicyclic) bond motifs is 1. The number of hydrogen-bond acceptors (Lipinski definition) is 1. The molecule has 0 radical (unpaired) electrons. The number of hydrogen-bond donors (Lipinski definition) is 1. The molecular weight excluding hydrogens is 196 g/mol. The van der Waals surface area contributed by atoms with E-state index in [9.17, 15) is 0 Å². The summed E-state index contributed by atoms with van der Waals surface area (Å²) in [5.74, 6) is 0.